The average Bonchev–Trinajstić information content (AvgIpc) is 2.05. The maximum absolute atomic E-state index is 11.0. The number of carbonyl (C=O) groups is 1. The van der Waals surface area contributed by atoms with Crippen LogP contribution in [0.15, 0.2) is 24.3 Å². The Kier molecular flexibility index (Phi) is 2.31. The van der Waals surface area contributed by atoms with Crippen molar-refractivity contribution in [1.29, 1.82) is 0 Å². The molecule has 0 heterocycles. The second kappa shape index (κ2) is 3.24. The van der Waals surface area contributed by atoms with Gasteiger partial charge in [-0.1, -0.05) is 0 Å². The molecular weight excluding hydrogens is 139 g/mol. The van der Waals surface area contributed by atoms with Crippen LogP contribution in [0.5, 0.6) is 5.75 Å². The predicted molar refractivity (Wildman–Crippen MR) is 45.8 cm³/mol. The fraction of sp³-hybridized carbons (Fsp3) is 0.125. The highest BCUT2D eigenvalue weighted by Crippen LogP contribution is 2.10. The van der Waals surface area contributed by atoms with Gasteiger partial charge in [0.2, 0.25) is 0 Å². The highest BCUT2D eigenvalue weighted by molar-refractivity contribution is 6.23. The van der Waals surface area contributed by atoms with Crippen molar-refractivity contribution in [3.8, 4) is 5.75 Å². The minimum atomic E-state index is 0.102. The summed E-state index contributed by atoms with van der Waals surface area (Å²) in [5.41, 5.74) is 0.658. The fourth-order valence-electron chi connectivity index (χ4n) is 0.851. The Balaban J connectivity index is 2.90. The molecule has 1 N–H and O–H groups in total. The molecule has 0 saturated carbocycles. The molecule has 0 aliphatic heterocycles. The van der Waals surface area contributed by atoms with Crippen LogP contribution >= 0.6 is 0 Å². The molecule has 0 radical (unpaired) electrons. The third-order valence-electron chi connectivity index (χ3n) is 1.51. The van der Waals surface area contributed by atoms with Gasteiger partial charge in [-0.2, -0.15) is 0 Å². The normalized spacial score (nSPS) is 9.45. The quantitative estimate of drug-likeness (QED) is 0.493. The molecule has 1 aromatic carbocycles. The molecular formula is C8H9BO2. The van der Waals surface area contributed by atoms with E-state index in [0.29, 0.717) is 11.9 Å². The third kappa shape index (κ3) is 1.83. The van der Waals surface area contributed by atoms with Gasteiger partial charge in [0, 0.05) is 5.56 Å². The molecule has 0 fully saturated rings. The Labute approximate surface area is 66.3 Å². The van der Waals surface area contributed by atoms with Crippen molar-refractivity contribution in [3.05, 3.63) is 29.8 Å². The lowest BCUT2D eigenvalue weighted by Gasteiger charge is -1.96. The van der Waals surface area contributed by atoms with E-state index in [-0.39, 0.29) is 11.5 Å². The third-order valence-corrected chi connectivity index (χ3v) is 1.51. The molecule has 0 unspecified atom stereocenters. The molecule has 3 heteroatoms. The number of Topliss-reactive ketones (excluding diaryl/α,β-unsaturated/α-hetero) is 1. The number of benzene rings is 1. The Morgan fingerprint density at radius 2 is 1.91 bits per heavy atom. The van der Waals surface area contributed by atoms with Crippen molar-refractivity contribution < 1.29 is 9.90 Å². The largest absolute Gasteiger partial charge is 0.508 e. The average molecular weight is 148 g/mol. The SMILES string of the molecule is BCC(=O)c1ccc(O)cc1. The van der Waals surface area contributed by atoms with Crippen LogP contribution in [0.1, 0.15) is 10.4 Å². The van der Waals surface area contributed by atoms with E-state index in [1.54, 1.807) is 12.1 Å². The molecule has 0 saturated heterocycles. The smallest absolute Gasteiger partial charge is 0.155 e. The number of ketones is 1. The fourth-order valence-corrected chi connectivity index (χ4v) is 0.851. The number of hydrogen-bond donors (Lipinski definition) is 1. The van der Waals surface area contributed by atoms with Crippen molar-refractivity contribution in [1.82, 2.24) is 0 Å². The van der Waals surface area contributed by atoms with Gasteiger partial charge < -0.3 is 5.11 Å². The second-order valence-electron chi connectivity index (χ2n) is 2.32. The van der Waals surface area contributed by atoms with Crippen molar-refractivity contribution in [2.45, 2.75) is 6.32 Å². The molecule has 0 bridgehead atoms. The lowest BCUT2D eigenvalue weighted by Crippen LogP contribution is -1.95. The van der Waals surface area contributed by atoms with Gasteiger partial charge >= 0.3 is 0 Å². The molecule has 0 aliphatic carbocycles. The Morgan fingerprint density at radius 1 is 1.36 bits per heavy atom. The van der Waals surface area contributed by atoms with Crippen molar-refractivity contribution >= 4 is 13.6 Å². The minimum absolute atomic E-state index is 0.102. The first-order valence-corrected chi connectivity index (χ1v) is 3.56. The van der Waals surface area contributed by atoms with E-state index in [9.17, 15) is 4.79 Å². The molecule has 0 atom stereocenters. The van der Waals surface area contributed by atoms with Crippen LogP contribution in [-0.4, -0.2) is 18.7 Å². The van der Waals surface area contributed by atoms with E-state index >= 15 is 0 Å². The van der Waals surface area contributed by atoms with Gasteiger partial charge in [0.05, 0.1) is 0 Å². The number of aromatic hydroxyl groups is 1. The molecule has 0 aliphatic rings. The lowest BCUT2D eigenvalue weighted by atomic mass is 9.96. The van der Waals surface area contributed by atoms with Crippen LogP contribution in [0.4, 0.5) is 0 Å². The summed E-state index contributed by atoms with van der Waals surface area (Å²) in [4.78, 5) is 11.0. The Morgan fingerprint density at radius 3 is 2.36 bits per heavy atom. The van der Waals surface area contributed by atoms with Crippen molar-refractivity contribution in [2.75, 3.05) is 0 Å². The van der Waals surface area contributed by atoms with E-state index in [2.05, 4.69) is 0 Å². The maximum Gasteiger partial charge on any atom is 0.155 e. The van der Waals surface area contributed by atoms with Gasteiger partial charge in [-0.25, -0.2) is 0 Å². The molecule has 0 spiro atoms. The van der Waals surface area contributed by atoms with Gasteiger partial charge in [-0.05, 0) is 30.6 Å². The van der Waals surface area contributed by atoms with E-state index in [4.69, 9.17) is 5.11 Å². The number of hydrogen-bond acceptors (Lipinski definition) is 2. The zero-order valence-electron chi connectivity index (χ0n) is 6.37. The number of phenolic OH excluding ortho intramolecular Hbond substituents is 1. The zero-order valence-corrected chi connectivity index (χ0v) is 6.37. The summed E-state index contributed by atoms with van der Waals surface area (Å²) in [5, 5.41) is 8.90. The zero-order chi connectivity index (χ0) is 8.27. The summed E-state index contributed by atoms with van der Waals surface area (Å²) >= 11 is 0. The molecule has 1 rings (SSSR count). The summed E-state index contributed by atoms with van der Waals surface area (Å²) in [7, 11) is 1.81. The van der Waals surface area contributed by atoms with Gasteiger partial charge in [0.25, 0.3) is 0 Å². The lowest BCUT2D eigenvalue weighted by molar-refractivity contribution is 0.101. The monoisotopic (exact) mass is 148 g/mol. The highest BCUT2D eigenvalue weighted by Gasteiger charge is 2.00. The highest BCUT2D eigenvalue weighted by atomic mass is 16.3. The summed E-state index contributed by atoms with van der Waals surface area (Å²) in [6, 6.07) is 6.29. The number of carbonyl (C=O) groups excluding carboxylic acids is 1. The summed E-state index contributed by atoms with van der Waals surface area (Å²) in [6.07, 6.45) is 0.505. The molecule has 0 aromatic heterocycles. The van der Waals surface area contributed by atoms with Gasteiger partial charge in [-0.3, -0.25) is 4.79 Å². The van der Waals surface area contributed by atoms with Crippen LogP contribution in [0.2, 0.25) is 6.32 Å². The van der Waals surface area contributed by atoms with Crippen molar-refractivity contribution in [2.24, 2.45) is 0 Å². The van der Waals surface area contributed by atoms with E-state index in [1.165, 1.54) is 12.1 Å². The standard InChI is InChI=1S/C8H9BO2/c9-5-8(11)6-1-3-7(10)4-2-6/h1-4,10H,5,9H2. The molecule has 1 aromatic rings. The topological polar surface area (TPSA) is 37.3 Å². The number of phenols is 1. The summed E-state index contributed by atoms with van der Waals surface area (Å²) in [6.45, 7) is 0. The van der Waals surface area contributed by atoms with Gasteiger partial charge in [-0.15, -0.1) is 0 Å². The van der Waals surface area contributed by atoms with E-state index in [0.717, 1.165) is 0 Å². The summed E-state index contributed by atoms with van der Waals surface area (Å²) < 4.78 is 0. The first kappa shape index (κ1) is 7.86. The maximum atomic E-state index is 11.0. The molecule has 2 nitrogen and oxygen atoms in total. The van der Waals surface area contributed by atoms with Crippen LogP contribution < -0.4 is 0 Å². The first-order valence-electron chi connectivity index (χ1n) is 3.56. The minimum Gasteiger partial charge on any atom is -0.508 e. The van der Waals surface area contributed by atoms with Crippen LogP contribution in [0.3, 0.4) is 0 Å². The Bertz CT molecular complexity index is 253. The van der Waals surface area contributed by atoms with E-state index < -0.39 is 0 Å². The summed E-state index contributed by atoms with van der Waals surface area (Å²) in [5.74, 6) is 0.294. The number of rotatable bonds is 2. The van der Waals surface area contributed by atoms with Crippen LogP contribution in [0, 0.1) is 0 Å². The van der Waals surface area contributed by atoms with Crippen LogP contribution in [0.25, 0.3) is 0 Å². The van der Waals surface area contributed by atoms with E-state index in [1.807, 2.05) is 7.85 Å². The first-order chi connectivity index (χ1) is 5.24. The van der Waals surface area contributed by atoms with Crippen LogP contribution in [-0.2, 0) is 0 Å². The Hall–Kier alpha value is -1.25. The second-order valence-corrected chi connectivity index (χ2v) is 2.32. The molecule has 11 heavy (non-hydrogen) atoms. The van der Waals surface area contributed by atoms with Gasteiger partial charge in [0.1, 0.15) is 13.6 Å². The predicted octanol–water partition coefficient (Wildman–Crippen LogP) is 0.626. The van der Waals surface area contributed by atoms with Gasteiger partial charge in [0.15, 0.2) is 5.78 Å². The van der Waals surface area contributed by atoms with Crippen molar-refractivity contribution in [3.63, 3.8) is 0 Å². The molecule has 56 valence electrons. The molecule has 0 amide bonds.